The fourth-order valence-electron chi connectivity index (χ4n) is 0. The van der Waals surface area contributed by atoms with Gasteiger partial charge in [0.1, 0.15) is 0 Å². The number of hydrogen-bond acceptors (Lipinski definition) is 0. The molecule has 0 aliphatic rings. The summed E-state index contributed by atoms with van der Waals surface area (Å²) in [5.74, 6) is 4.43. The first-order chi connectivity index (χ1) is 2.94. The van der Waals surface area contributed by atoms with Crippen molar-refractivity contribution in [2.24, 2.45) is 0 Å². The normalized spacial score (nSPS) is 12.9. The second-order valence-corrected chi connectivity index (χ2v) is 16.8. The molecule has 0 nitrogen and oxygen atoms in total. The van der Waals surface area contributed by atoms with E-state index in [0.717, 1.165) is 4.75 Å². The van der Waals surface area contributed by atoms with Crippen molar-refractivity contribution in [1.82, 2.24) is 0 Å². The molecule has 0 fully saturated rings. The molecular formula is C5H13ClGe. The molecule has 0 aliphatic heterocycles. The summed E-state index contributed by atoms with van der Waals surface area (Å²) >= 11 is -1.69. The molecule has 0 rings (SSSR count). The van der Waals surface area contributed by atoms with Crippen LogP contribution in [0.25, 0.3) is 0 Å². The summed E-state index contributed by atoms with van der Waals surface area (Å²) in [5, 5.41) is 0. The van der Waals surface area contributed by atoms with Gasteiger partial charge in [0.25, 0.3) is 0 Å². The van der Waals surface area contributed by atoms with Gasteiger partial charge in [-0.25, -0.2) is 0 Å². The first-order valence-electron chi connectivity index (χ1n) is 2.63. The van der Waals surface area contributed by atoms with E-state index in [4.69, 9.17) is 10.0 Å². The van der Waals surface area contributed by atoms with Crippen LogP contribution >= 0.6 is 10.0 Å². The van der Waals surface area contributed by atoms with Gasteiger partial charge in [-0.2, -0.15) is 0 Å². The summed E-state index contributed by atoms with van der Waals surface area (Å²) in [7, 11) is 6.06. The zero-order valence-corrected chi connectivity index (χ0v) is 8.31. The van der Waals surface area contributed by atoms with Crippen LogP contribution in [0.15, 0.2) is 0 Å². The van der Waals surface area contributed by atoms with Crippen LogP contribution in [0.5, 0.6) is 0 Å². The Labute approximate surface area is 52.8 Å². The van der Waals surface area contributed by atoms with Crippen molar-refractivity contribution in [1.29, 1.82) is 0 Å². The number of rotatable bonds is 1. The van der Waals surface area contributed by atoms with Crippen molar-refractivity contribution in [3.63, 3.8) is 0 Å². The first kappa shape index (κ1) is 7.83. The summed E-state index contributed by atoms with van der Waals surface area (Å²) in [4.78, 5) is 0. The van der Waals surface area contributed by atoms with E-state index in [-0.39, 0.29) is 0 Å². The molecule has 0 heterocycles. The van der Waals surface area contributed by atoms with Gasteiger partial charge in [-0.15, -0.1) is 0 Å². The molecule has 0 saturated heterocycles. The van der Waals surface area contributed by atoms with Crippen LogP contribution in [0, 0.1) is 0 Å². The van der Waals surface area contributed by atoms with E-state index in [9.17, 15) is 0 Å². The Morgan fingerprint density at radius 1 is 1.29 bits per heavy atom. The van der Waals surface area contributed by atoms with Gasteiger partial charge in [-0.05, 0) is 0 Å². The summed E-state index contributed by atoms with van der Waals surface area (Å²) in [6, 6.07) is 0. The minimum absolute atomic E-state index is 0.752. The van der Waals surface area contributed by atoms with E-state index in [1.165, 1.54) is 0 Å². The number of hydrogen-bond donors (Lipinski definition) is 0. The van der Waals surface area contributed by atoms with Crippen molar-refractivity contribution in [2.45, 2.75) is 30.1 Å². The van der Waals surface area contributed by atoms with Crippen molar-refractivity contribution < 1.29 is 0 Å². The Kier molecular flexibility index (Phi) is 2.69. The Bertz CT molecular complexity index is 53.6. The maximum absolute atomic E-state index is 6.06. The van der Waals surface area contributed by atoms with Crippen LogP contribution in [0.3, 0.4) is 0 Å². The van der Waals surface area contributed by atoms with Gasteiger partial charge < -0.3 is 0 Å². The van der Waals surface area contributed by atoms with E-state index in [0.29, 0.717) is 0 Å². The van der Waals surface area contributed by atoms with Gasteiger partial charge in [0.05, 0.1) is 0 Å². The maximum atomic E-state index is 6.06. The molecule has 2 heteroatoms. The summed E-state index contributed by atoms with van der Waals surface area (Å²) in [6.45, 7) is 4.40. The second-order valence-electron chi connectivity index (χ2n) is 2.72. The molecule has 0 atom stereocenters. The van der Waals surface area contributed by atoms with Gasteiger partial charge in [-0.3, -0.25) is 0 Å². The van der Waals surface area contributed by atoms with Crippen LogP contribution in [-0.4, -0.2) is 12.3 Å². The van der Waals surface area contributed by atoms with Crippen molar-refractivity contribution in [2.75, 3.05) is 0 Å². The van der Waals surface area contributed by atoms with Gasteiger partial charge >= 0.3 is 52.5 Å². The SMILES string of the molecule is C[CH](C)[Ge]([CH3])([CH3])[Cl]. The molecule has 0 unspecified atom stereocenters. The van der Waals surface area contributed by atoms with E-state index < -0.39 is 12.3 Å². The molecule has 0 aromatic heterocycles. The molecule has 0 bridgehead atoms. The Morgan fingerprint density at radius 2 is 1.43 bits per heavy atom. The summed E-state index contributed by atoms with van der Waals surface area (Å²) < 4.78 is 0.752. The average molecular weight is 181 g/mol. The van der Waals surface area contributed by atoms with Crippen molar-refractivity contribution in [3.8, 4) is 0 Å². The monoisotopic (exact) mass is 182 g/mol. The van der Waals surface area contributed by atoms with Gasteiger partial charge in [0, 0.05) is 0 Å². The van der Waals surface area contributed by atoms with Gasteiger partial charge in [0.2, 0.25) is 0 Å². The second kappa shape index (κ2) is 2.40. The molecule has 0 aliphatic carbocycles. The summed E-state index contributed by atoms with van der Waals surface area (Å²) in [5.41, 5.74) is 0. The van der Waals surface area contributed by atoms with Crippen LogP contribution in [-0.2, 0) is 0 Å². The predicted molar refractivity (Wildman–Crippen MR) is 38.4 cm³/mol. The molecule has 0 radical (unpaired) electrons. The quantitative estimate of drug-likeness (QED) is 0.546. The average Bonchev–Trinajstić information content (AvgIpc) is 1.31. The van der Waals surface area contributed by atoms with Crippen LogP contribution < -0.4 is 0 Å². The van der Waals surface area contributed by atoms with E-state index in [1.807, 2.05) is 0 Å². The van der Waals surface area contributed by atoms with E-state index in [1.54, 1.807) is 0 Å². The Morgan fingerprint density at radius 3 is 1.43 bits per heavy atom. The molecule has 44 valence electrons. The van der Waals surface area contributed by atoms with Crippen LogP contribution in [0.4, 0.5) is 0 Å². The fraction of sp³-hybridized carbons (Fsp3) is 1.00. The molecule has 0 aromatic carbocycles. The first-order valence-corrected chi connectivity index (χ1v) is 10.8. The minimum atomic E-state index is -1.69. The molecule has 0 N–H and O–H groups in total. The molecule has 0 spiro atoms. The topological polar surface area (TPSA) is 0 Å². The Hall–Kier alpha value is 0.833. The van der Waals surface area contributed by atoms with Crippen LogP contribution in [0.2, 0.25) is 16.3 Å². The van der Waals surface area contributed by atoms with Gasteiger partial charge in [-0.1, -0.05) is 0 Å². The van der Waals surface area contributed by atoms with E-state index >= 15 is 0 Å². The van der Waals surface area contributed by atoms with Crippen molar-refractivity contribution >= 4 is 22.3 Å². The third-order valence-electron chi connectivity index (χ3n) is 1.37. The molecule has 0 saturated carbocycles. The zero-order valence-electron chi connectivity index (χ0n) is 5.46. The van der Waals surface area contributed by atoms with Gasteiger partial charge in [0.15, 0.2) is 0 Å². The van der Waals surface area contributed by atoms with E-state index in [2.05, 4.69) is 25.4 Å². The predicted octanol–water partition coefficient (Wildman–Crippen LogP) is 2.84. The molecule has 0 aromatic rings. The molecule has 0 amide bonds. The zero-order chi connectivity index (χ0) is 6.08. The van der Waals surface area contributed by atoms with Crippen molar-refractivity contribution in [3.05, 3.63) is 0 Å². The Balaban J connectivity index is 3.54. The summed E-state index contributed by atoms with van der Waals surface area (Å²) in [6.07, 6.45) is 0. The molecule has 7 heavy (non-hydrogen) atoms. The molecular weight excluding hydrogens is 168 g/mol. The fourth-order valence-corrected chi connectivity index (χ4v) is 0. The number of halogens is 1. The standard InChI is InChI=1S/C5H13ClGe/c1-5(2)7(3,4)6/h5H,1-4H3. The third-order valence-corrected chi connectivity index (χ3v) is 9.40. The van der Waals surface area contributed by atoms with Crippen LogP contribution in [0.1, 0.15) is 13.8 Å². The third kappa shape index (κ3) is 3.42.